The van der Waals surface area contributed by atoms with Gasteiger partial charge in [0.05, 0.1) is 27.2 Å². The Morgan fingerprint density at radius 2 is 0.903 bits per heavy atom. The molecule has 0 N–H and O–H groups in total. The number of nitrogens with zero attached hydrogens (tertiary/aromatic N) is 1. The van der Waals surface area contributed by atoms with E-state index in [1.807, 2.05) is 0 Å². The van der Waals surface area contributed by atoms with Gasteiger partial charge >= 0.3 is 8.80 Å². The SMILES string of the molecule is CCCCCCCCCCC[N+](C)(C)CCC[Si](OCCC)(OCCC)OCCC.[Cl-]. The molecule has 0 spiro atoms. The summed E-state index contributed by atoms with van der Waals surface area (Å²) >= 11 is 0. The largest absolute Gasteiger partial charge is 1.00 e. The Morgan fingerprint density at radius 3 is 1.32 bits per heavy atom. The van der Waals surface area contributed by atoms with E-state index in [0.29, 0.717) is 0 Å². The van der Waals surface area contributed by atoms with Gasteiger partial charge in [-0.3, -0.25) is 0 Å². The standard InChI is InChI=1S/C25H56NO3Si.ClH/c1-7-11-12-13-14-15-16-17-18-20-26(5,6)21-19-25-30(27-22-8-2,28-23-9-3)29-24-10-4;/h7-25H2,1-6H3;1H/q+1;/p-1. The van der Waals surface area contributed by atoms with Crippen molar-refractivity contribution in [3.63, 3.8) is 0 Å². The van der Waals surface area contributed by atoms with Crippen molar-refractivity contribution in [1.29, 1.82) is 0 Å². The van der Waals surface area contributed by atoms with Crippen molar-refractivity contribution in [3.8, 4) is 0 Å². The zero-order valence-electron chi connectivity index (χ0n) is 22.0. The number of rotatable bonds is 23. The van der Waals surface area contributed by atoms with Crippen LogP contribution in [0.2, 0.25) is 6.04 Å². The highest BCUT2D eigenvalue weighted by atomic mass is 35.5. The summed E-state index contributed by atoms with van der Waals surface area (Å²) in [4.78, 5) is 0. The van der Waals surface area contributed by atoms with Crippen LogP contribution in [-0.4, -0.2) is 60.3 Å². The maximum atomic E-state index is 6.25. The summed E-state index contributed by atoms with van der Waals surface area (Å²) in [6, 6.07) is 0.951. The smallest absolute Gasteiger partial charge is 0.501 e. The minimum absolute atomic E-state index is 0. The minimum atomic E-state index is -2.53. The van der Waals surface area contributed by atoms with E-state index in [9.17, 15) is 0 Å². The van der Waals surface area contributed by atoms with Crippen LogP contribution in [0.15, 0.2) is 0 Å². The highest BCUT2D eigenvalue weighted by Crippen LogP contribution is 2.21. The first kappa shape index (κ1) is 33.5. The normalized spacial score (nSPS) is 12.2. The average Bonchev–Trinajstić information content (AvgIpc) is 2.73. The van der Waals surface area contributed by atoms with Gasteiger partial charge in [0.2, 0.25) is 0 Å². The van der Waals surface area contributed by atoms with Crippen LogP contribution in [0.3, 0.4) is 0 Å². The second-order valence-corrected chi connectivity index (χ2v) is 12.3. The van der Waals surface area contributed by atoms with Crippen molar-refractivity contribution in [3.05, 3.63) is 0 Å². The Labute approximate surface area is 203 Å². The van der Waals surface area contributed by atoms with Gasteiger partial charge in [0.25, 0.3) is 0 Å². The summed E-state index contributed by atoms with van der Waals surface area (Å²) in [5, 5.41) is 0. The molecule has 0 rings (SSSR count). The van der Waals surface area contributed by atoms with Crippen molar-refractivity contribution < 1.29 is 30.2 Å². The number of halogens is 1. The molecule has 4 nitrogen and oxygen atoms in total. The first-order chi connectivity index (χ1) is 14.4. The molecule has 190 valence electrons. The monoisotopic (exact) mass is 481 g/mol. The molecule has 0 aromatic rings. The van der Waals surface area contributed by atoms with Gasteiger partial charge in [0, 0.05) is 32.3 Å². The summed E-state index contributed by atoms with van der Waals surface area (Å²) in [5.74, 6) is 0. The highest BCUT2D eigenvalue weighted by Gasteiger charge is 2.41. The lowest BCUT2D eigenvalue weighted by Crippen LogP contribution is -3.00. The molecule has 0 amide bonds. The first-order valence-corrected chi connectivity index (χ1v) is 15.1. The second kappa shape index (κ2) is 22.2. The highest BCUT2D eigenvalue weighted by molar-refractivity contribution is 6.60. The van der Waals surface area contributed by atoms with Crippen LogP contribution in [0.5, 0.6) is 0 Å². The lowest BCUT2D eigenvalue weighted by atomic mass is 10.1. The molecular formula is C25H56ClNO3Si. The van der Waals surface area contributed by atoms with Crippen LogP contribution < -0.4 is 12.4 Å². The summed E-state index contributed by atoms with van der Waals surface area (Å²) in [6.07, 6.45) is 16.8. The molecule has 0 bridgehead atoms. The van der Waals surface area contributed by atoms with Gasteiger partial charge < -0.3 is 30.2 Å². The van der Waals surface area contributed by atoms with Crippen LogP contribution >= 0.6 is 0 Å². The van der Waals surface area contributed by atoms with Gasteiger partial charge in [0.15, 0.2) is 0 Å². The van der Waals surface area contributed by atoms with E-state index in [1.165, 1.54) is 70.9 Å². The fourth-order valence-electron chi connectivity index (χ4n) is 3.80. The summed E-state index contributed by atoms with van der Waals surface area (Å²) in [7, 11) is 2.22. The van der Waals surface area contributed by atoms with Crippen LogP contribution in [0.25, 0.3) is 0 Å². The molecular weight excluding hydrogens is 426 g/mol. The lowest BCUT2D eigenvalue weighted by Gasteiger charge is -2.33. The summed E-state index contributed by atoms with van der Waals surface area (Å²) < 4.78 is 19.8. The number of quaternary nitrogens is 1. The van der Waals surface area contributed by atoms with Gasteiger partial charge in [-0.15, -0.1) is 0 Å². The minimum Gasteiger partial charge on any atom is -1.00 e. The quantitative estimate of drug-likeness (QED) is 0.124. The number of hydrogen-bond acceptors (Lipinski definition) is 3. The topological polar surface area (TPSA) is 27.7 Å². The third kappa shape index (κ3) is 19.5. The molecule has 0 atom stereocenters. The van der Waals surface area contributed by atoms with Crippen LogP contribution in [0.1, 0.15) is 111 Å². The molecule has 0 fully saturated rings. The van der Waals surface area contributed by atoms with Crippen LogP contribution in [0, 0.1) is 0 Å². The maximum Gasteiger partial charge on any atom is 0.501 e. The third-order valence-electron chi connectivity index (χ3n) is 5.69. The molecule has 0 aliphatic heterocycles. The van der Waals surface area contributed by atoms with E-state index in [1.54, 1.807) is 0 Å². The van der Waals surface area contributed by atoms with Crippen molar-refractivity contribution in [2.75, 3.05) is 47.0 Å². The third-order valence-corrected chi connectivity index (χ3v) is 8.59. The molecule has 0 radical (unpaired) electrons. The predicted octanol–water partition coefficient (Wildman–Crippen LogP) is 4.21. The molecule has 0 heterocycles. The van der Waals surface area contributed by atoms with E-state index < -0.39 is 8.80 Å². The zero-order chi connectivity index (χ0) is 22.6. The Morgan fingerprint density at radius 1 is 0.516 bits per heavy atom. The van der Waals surface area contributed by atoms with Crippen LogP contribution in [-0.2, 0) is 13.3 Å². The van der Waals surface area contributed by atoms with Gasteiger partial charge in [-0.1, -0.05) is 72.6 Å². The summed E-state index contributed by atoms with van der Waals surface area (Å²) in [5.41, 5.74) is 0. The Kier molecular flexibility index (Phi) is 24.0. The Hall–Kier alpha value is 0.347. The van der Waals surface area contributed by atoms with Crippen molar-refractivity contribution in [2.45, 2.75) is 117 Å². The van der Waals surface area contributed by atoms with Crippen molar-refractivity contribution >= 4 is 8.80 Å². The van der Waals surface area contributed by atoms with Crippen molar-refractivity contribution in [2.24, 2.45) is 0 Å². The molecule has 0 aliphatic rings. The number of hydrogen-bond donors (Lipinski definition) is 0. The molecule has 0 saturated heterocycles. The molecule has 0 aliphatic carbocycles. The molecule has 31 heavy (non-hydrogen) atoms. The van der Waals surface area contributed by atoms with Gasteiger partial charge in [-0.05, 0) is 32.1 Å². The maximum absolute atomic E-state index is 6.25. The zero-order valence-corrected chi connectivity index (χ0v) is 23.7. The summed E-state index contributed by atoms with van der Waals surface area (Å²) in [6.45, 7) is 13.4. The van der Waals surface area contributed by atoms with E-state index in [0.717, 1.165) is 56.0 Å². The van der Waals surface area contributed by atoms with Crippen LogP contribution in [0.4, 0.5) is 0 Å². The van der Waals surface area contributed by atoms with E-state index in [4.69, 9.17) is 13.3 Å². The fraction of sp³-hybridized carbons (Fsp3) is 1.00. The van der Waals surface area contributed by atoms with Gasteiger partial charge in [-0.25, -0.2) is 0 Å². The van der Waals surface area contributed by atoms with Gasteiger partial charge in [-0.2, -0.15) is 0 Å². The molecule has 0 aromatic heterocycles. The Bertz CT molecular complexity index is 351. The Balaban J connectivity index is 0. The molecule has 0 saturated carbocycles. The number of unbranched alkanes of at least 4 members (excludes halogenated alkanes) is 8. The molecule has 0 unspecified atom stereocenters. The van der Waals surface area contributed by atoms with Gasteiger partial charge in [0.1, 0.15) is 0 Å². The second-order valence-electron chi connectivity index (χ2n) is 9.54. The lowest BCUT2D eigenvalue weighted by molar-refractivity contribution is -0.890. The van der Waals surface area contributed by atoms with E-state index >= 15 is 0 Å². The molecule has 6 heteroatoms. The molecule has 0 aromatic carbocycles. The van der Waals surface area contributed by atoms with E-state index in [-0.39, 0.29) is 12.4 Å². The average molecular weight is 482 g/mol. The van der Waals surface area contributed by atoms with E-state index in [2.05, 4.69) is 41.8 Å². The predicted molar refractivity (Wildman–Crippen MR) is 133 cm³/mol. The first-order valence-electron chi connectivity index (χ1n) is 13.2. The fourth-order valence-corrected chi connectivity index (χ4v) is 6.62. The van der Waals surface area contributed by atoms with Crippen molar-refractivity contribution in [1.82, 2.24) is 0 Å².